The van der Waals surface area contributed by atoms with E-state index in [9.17, 15) is 0 Å². The molecule has 0 aliphatic heterocycles. The van der Waals surface area contributed by atoms with Gasteiger partial charge in [-0.05, 0) is 136 Å². The highest BCUT2D eigenvalue weighted by molar-refractivity contribution is 7.26. The first-order valence-electron chi connectivity index (χ1n) is 35.5. The largest absolute Gasteiger partial charge is 0.455 e. The zero-order chi connectivity index (χ0) is 69.8. The summed E-state index contributed by atoms with van der Waals surface area (Å²) in [5, 5.41) is 8.52. The molecule has 15 aromatic carbocycles. The van der Waals surface area contributed by atoms with E-state index in [0.29, 0.717) is 34.9 Å². The van der Waals surface area contributed by atoms with Crippen molar-refractivity contribution in [2.75, 3.05) is 0 Å². The lowest BCUT2D eigenvalue weighted by molar-refractivity contribution is 0.669. The lowest BCUT2D eigenvalue weighted by Crippen LogP contribution is -2.01. The smallest absolute Gasteiger partial charge is 0.165 e. The Labute approximate surface area is 612 Å². The SMILES string of the molecule is c1ccc(-c2cc(-c3cccc(-c4ccc5c(c4)sc4c(-c6nc(-c7ccccc7)nc(-c7cccc8oc9c(-c%10ccccc%10)cc(-c%10ccccc%10)cc9c78)n6)cccc45)c3)c3oc4cccc(-c5nc(-c6ccccc6)nc(-c6ccc(-n7c8ccccc8c8ccccc87)cc6)n5)c4c3c2)cc1. The molecule has 0 unspecified atom stereocenters. The van der Waals surface area contributed by atoms with Gasteiger partial charge in [-0.15, -0.1) is 11.3 Å². The van der Waals surface area contributed by atoms with Gasteiger partial charge in [0, 0.05) is 103 Å². The van der Waals surface area contributed by atoms with Crippen molar-refractivity contribution in [1.82, 2.24) is 34.5 Å². The molecule has 0 fully saturated rings. The van der Waals surface area contributed by atoms with E-state index in [1.54, 1.807) is 11.3 Å². The van der Waals surface area contributed by atoms with Crippen LogP contribution < -0.4 is 0 Å². The summed E-state index contributed by atoms with van der Waals surface area (Å²) in [5.74, 6) is 3.42. The number of aromatic nitrogens is 7. The number of fused-ring (bicyclic) bond motifs is 12. The predicted octanol–water partition coefficient (Wildman–Crippen LogP) is 25.7. The van der Waals surface area contributed by atoms with E-state index in [0.717, 1.165) is 170 Å². The molecule has 0 saturated heterocycles. The molecule has 106 heavy (non-hydrogen) atoms. The molecule has 0 N–H and O–H groups in total. The van der Waals surface area contributed by atoms with E-state index in [1.165, 1.54) is 10.8 Å². The fourth-order valence-electron chi connectivity index (χ4n) is 15.5. The molecular formula is C96H57N7O2S. The second-order valence-electron chi connectivity index (χ2n) is 26.8. The van der Waals surface area contributed by atoms with Crippen molar-refractivity contribution >= 4 is 97.2 Å². The summed E-state index contributed by atoms with van der Waals surface area (Å²) >= 11 is 1.76. The summed E-state index contributed by atoms with van der Waals surface area (Å²) < 4.78 is 18.6. The average Bonchev–Trinajstić information content (AvgIpc) is 1.58. The summed E-state index contributed by atoms with van der Waals surface area (Å²) in [6.07, 6.45) is 0. The maximum Gasteiger partial charge on any atom is 0.165 e. The molecule has 0 amide bonds. The van der Waals surface area contributed by atoms with Gasteiger partial charge in [-0.25, -0.2) is 29.9 Å². The van der Waals surface area contributed by atoms with Crippen molar-refractivity contribution in [3.8, 4) is 130 Å². The second-order valence-corrected chi connectivity index (χ2v) is 27.8. The second kappa shape index (κ2) is 24.9. The van der Waals surface area contributed by atoms with E-state index in [4.69, 9.17) is 38.7 Å². The topological polar surface area (TPSA) is 109 Å². The molecule has 0 aliphatic carbocycles. The third-order valence-corrected chi connectivity index (χ3v) is 21.7. The summed E-state index contributed by atoms with van der Waals surface area (Å²) in [4.78, 5) is 32.0. The number of benzene rings is 15. The van der Waals surface area contributed by atoms with Crippen LogP contribution in [0.4, 0.5) is 0 Å². The lowest BCUT2D eigenvalue weighted by Gasteiger charge is -2.12. The monoisotopic (exact) mass is 1370 g/mol. The van der Waals surface area contributed by atoms with Crippen LogP contribution in [0.5, 0.6) is 0 Å². The Hall–Kier alpha value is -14.1. The van der Waals surface area contributed by atoms with Crippen LogP contribution in [0.2, 0.25) is 0 Å². The van der Waals surface area contributed by atoms with Crippen molar-refractivity contribution in [3.63, 3.8) is 0 Å². The van der Waals surface area contributed by atoms with Gasteiger partial charge >= 0.3 is 0 Å². The van der Waals surface area contributed by atoms with E-state index in [1.807, 2.05) is 66.7 Å². The van der Waals surface area contributed by atoms with Crippen LogP contribution in [0.15, 0.2) is 355 Å². The predicted molar refractivity (Wildman–Crippen MR) is 435 cm³/mol. The standard InChI is InChI=1S/C96H57N7O2S/c1-6-24-58(25-7-1)67-53-77(60-28-10-3-11-29-60)88-79(55-67)87-75(40-23-44-83(87)104-88)95-99-92(62-32-14-5-15-33-62)101-96(102-95)76-41-21-38-73-72-51-48-65(57-85(72)106-90(73)76)64-34-20-35-66(52-64)78-54-68(59-26-8-2-9-27-59)56-80-86-74(39-22-45-84(86)105-89(78)80)94-98-91(61-30-12-4-13-31-61)97-93(100-94)63-46-49-69(50-47-63)103-81-42-18-16-36-70(81)71-37-17-19-43-82(71)103/h1-57H. The van der Waals surface area contributed by atoms with Crippen molar-refractivity contribution in [2.45, 2.75) is 0 Å². The van der Waals surface area contributed by atoms with Crippen LogP contribution in [-0.4, -0.2) is 34.5 Å². The van der Waals surface area contributed by atoms with Crippen LogP contribution in [0.1, 0.15) is 0 Å². The van der Waals surface area contributed by atoms with Gasteiger partial charge in [-0.1, -0.05) is 255 Å². The molecule has 21 aromatic rings. The van der Waals surface area contributed by atoms with Gasteiger partial charge in [0.05, 0.1) is 11.0 Å². The first-order valence-corrected chi connectivity index (χ1v) is 36.3. The van der Waals surface area contributed by atoms with Crippen molar-refractivity contribution in [3.05, 3.63) is 346 Å². The Morgan fingerprint density at radius 1 is 0.226 bits per heavy atom. The summed E-state index contributed by atoms with van der Waals surface area (Å²) in [6, 6.07) is 121. The molecule has 0 spiro atoms. The van der Waals surface area contributed by atoms with Gasteiger partial charge in [-0.3, -0.25) is 0 Å². The maximum atomic E-state index is 7.16. The van der Waals surface area contributed by atoms with E-state index < -0.39 is 0 Å². The summed E-state index contributed by atoms with van der Waals surface area (Å²) in [7, 11) is 0. The van der Waals surface area contributed by atoms with Gasteiger partial charge in [0.1, 0.15) is 22.3 Å². The maximum absolute atomic E-state index is 7.16. The third-order valence-electron chi connectivity index (χ3n) is 20.5. The minimum absolute atomic E-state index is 0.545. The first-order chi connectivity index (χ1) is 52.5. The molecule has 6 aromatic heterocycles. The van der Waals surface area contributed by atoms with Crippen molar-refractivity contribution in [2.24, 2.45) is 0 Å². The molecule has 10 heteroatoms. The van der Waals surface area contributed by atoms with Gasteiger partial charge < -0.3 is 13.4 Å². The van der Waals surface area contributed by atoms with E-state index in [-0.39, 0.29) is 0 Å². The third kappa shape index (κ3) is 10.3. The number of furan rings is 2. The molecule has 0 bridgehead atoms. The molecule has 21 rings (SSSR count). The van der Waals surface area contributed by atoms with Gasteiger partial charge in [0.25, 0.3) is 0 Å². The van der Waals surface area contributed by atoms with Crippen LogP contribution in [-0.2, 0) is 0 Å². The first kappa shape index (κ1) is 60.7. The highest BCUT2D eigenvalue weighted by atomic mass is 32.1. The Morgan fingerprint density at radius 3 is 1.16 bits per heavy atom. The van der Waals surface area contributed by atoms with E-state index in [2.05, 4.69) is 284 Å². The number of hydrogen-bond acceptors (Lipinski definition) is 9. The molecule has 6 heterocycles. The molecule has 0 atom stereocenters. The van der Waals surface area contributed by atoms with Gasteiger partial charge in [0.2, 0.25) is 0 Å². The van der Waals surface area contributed by atoms with Gasteiger partial charge in [0.15, 0.2) is 34.9 Å². The number of thiophene rings is 1. The molecule has 494 valence electrons. The van der Waals surface area contributed by atoms with E-state index >= 15 is 0 Å². The molecule has 0 saturated carbocycles. The zero-order valence-electron chi connectivity index (χ0n) is 56.8. The van der Waals surface area contributed by atoms with Crippen LogP contribution >= 0.6 is 11.3 Å². The summed E-state index contributed by atoms with van der Waals surface area (Å²) in [5.41, 5.74) is 22.3. The number of nitrogens with zero attached hydrogens (tertiary/aromatic N) is 7. The van der Waals surface area contributed by atoms with Crippen LogP contribution in [0.25, 0.3) is 216 Å². The number of hydrogen-bond donors (Lipinski definition) is 0. The highest BCUT2D eigenvalue weighted by Gasteiger charge is 2.26. The highest BCUT2D eigenvalue weighted by Crippen LogP contribution is 2.48. The number of rotatable bonds is 12. The van der Waals surface area contributed by atoms with Crippen molar-refractivity contribution < 1.29 is 8.83 Å². The molecule has 0 radical (unpaired) electrons. The normalized spacial score (nSPS) is 11.8. The van der Waals surface area contributed by atoms with Gasteiger partial charge in [-0.2, -0.15) is 0 Å². The van der Waals surface area contributed by atoms with Crippen LogP contribution in [0, 0.1) is 0 Å². The zero-order valence-corrected chi connectivity index (χ0v) is 57.6. The minimum atomic E-state index is 0.545. The Morgan fingerprint density at radius 2 is 0.613 bits per heavy atom. The van der Waals surface area contributed by atoms with Crippen molar-refractivity contribution in [1.29, 1.82) is 0 Å². The fourth-order valence-corrected chi connectivity index (χ4v) is 16.8. The lowest BCUT2D eigenvalue weighted by atomic mass is 9.93. The van der Waals surface area contributed by atoms with Crippen LogP contribution in [0.3, 0.4) is 0 Å². The quantitative estimate of drug-likeness (QED) is 0.119. The molecular weight excluding hydrogens is 1320 g/mol. The molecule has 9 nitrogen and oxygen atoms in total. The Bertz CT molecular complexity index is 7000. The molecule has 0 aliphatic rings. The minimum Gasteiger partial charge on any atom is -0.455 e. The fraction of sp³-hybridized carbons (Fsp3) is 0. The summed E-state index contributed by atoms with van der Waals surface area (Å²) in [6.45, 7) is 0. The Kier molecular flexibility index (Phi) is 14.2. The Balaban J connectivity index is 0.675. The number of para-hydroxylation sites is 2. The average molecular weight is 1370 g/mol.